The fourth-order valence-electron chi connectivity index (χ4n) is 1.97. The Kier molecular flexibility index (Phi) is 2.54. The molecule has 1 aromatic rings. The van der Waals surface area contributed by atoms with Gasteiger partial charge in [0, 0.05) is 6.08 Å². The van der Waals surface area contributed by atoms with Crippen molar-refractivity contribution in [2.45, 2.75) is 19.3 Å². The molecule has 2 rings (SSSR count). The molecule has 0 aromatic heterocycles. The summed E-state index contributed by atoms with van der Waals surface area (Å²) in [7, 11) is 0. The summed E-state index contributed by atoms with van der Waals surface area (Å²) >= 11 is 0. The van der Waals surface area contributed by atoms with Crippen LogP contribution in [0.1, 0.15) is 17.5 Å². The second kappa shape index (κ2) is 3.85. The van der Waals surface area contributed by atoms with E-state index in [2.05, 4.69) is 0 Å². The molecule has 2 nitrogen and oxygen atoms in total. The molecule has 0 saturated heterocycles. The maximum Gasteiger partial charge on any atom is 0.328 e. The van der Waals surface area contributed by atoms with Crippen LogP contribution in [0.25, 0.3) is 0 Å². The van der Waals surface area contributed by atoms with Gasteiger partial charge in [-0.3, -0.25) is 0 Å². The number of rotatable bonds is 1. The molecule has 0 atom stereocenters. The summed E-state index contributed by atoms with van der Waals surface area (Å²) < 4.78 is 13.3. The molecule has 0 saturated carbocycles. The Bertz CT molecular complexity index is 435. The van der Waals surface area contributed by atoms with Gasteiger partial charge >= 0.3 is 5.97 Å². The van der Waals surface area contributed by atoms with Crippen LogP contribution >= 0.6 is 0 Å². The number of allylic oxidation sites excluding steroid dienone is 1. The zero-order valence-corrected chi connectivity index (χ0v) is 8.16. The summed E-state index contributed by atoms with van der Waals surface area (Å²) in [4.78, 5) is 10.5. The van der Waals surface area contributed by atoms with Crippen molar-refractivity contribution in [2.75, 3.05) is 0 Å². The fraction of sp³-hybridized carbons (Fsp3) is 0.250. The van der Waals surface area contributed by atoms with Crippen molar-refractivity contribution in [2.24, 2.45) is 0 Å². The topological polar surface area (TPSA) is 37.3 Å². The molecule has 0 fully saturated rings. The largest absolute Gasteiger partial charge is 0.478 e. The predicted molar refractivity (Wildman–Crippen MR) is 54.1 cm³/mol. The molecule has 1 N–H and O–H groups in total. The SMILES string of the molecule is O=C(O)/C=C1/CCc2c(F)cccc2C1. The van der Waals surface area contributed by atoms with Crippen molar-refractivity contribution in [1.82, 2.24) is 0 Å². The van der Waals surface area contributed by atoms with E-state index in [1.165, 1.54) is 12.1 Å². The molecule has 0 unspecified atom stereocenters. The van der Waals surface area contributed by atoms with E-state index < -0.39 is 5.97 Å². The van der Waals surface area contributed by atoms with E-state index >= 15 is 0 Å². The Morgan fingerprint density at radius 1 is 1.40 bits per heavy atom. The van der Waals surface area contributed by atoms with Crippen molar-refractivity contribution in [3.05, 3.63) is 46.8 Å². The highest BCUT2D eigenvalue weighted by atomic mass is 19.1. The van der Waals surface area contributed by atoms with Crippen molar-refractivity contribution < 1.29 is 14.3 Å². The number of fused-ring (bicyclic) bond motifs is 1. The highest BCUT2D eigenvalue weighted by Crippen LogP contribution is 2.26. The molecular formula is C12H11FO2. The first-order chi connectivity index (χ1) is 7.16. The fourth-order valence-corrected chi connectivity index (χ4v) is 1.97. The number of aliphatic carboxylic acids is 1. The van der Waals surface area contributed by atoms with Crippen LogP contribution in [0.2, 0.25) is 0 Å². The Morgan fingerprint density at radius 2 is 2.20 bits per heavy atom. The molecule has 0 radical (unpaired) electrons. The third-order valence-electron chi connectivity index (χ3n) is 2.66. The van der Waals surface area contributed by atoms with Gasteiger partial charge in [0.25, 0.3) is 0 Å². The van der Waals surface area contributed by atoms with Crippen LogP contribution < -0.4 is 0 Å². The van der Waals surface area contributed by atoms with E-state index in [9.17, 15) is 9.18 Å². The van der Waals surface area contributed by atoms with Crippen LogP contribution in [0.5, 0.6) is 0 Å². The quantitative estimate of drug-likeness (QED) is 0.716. The maximum atomic E-state index is 13.3. The zero-order chi connectivity index (χ0) is 10.8. The number of halogens is 1. The third-order valence-corrected chi connectivity index (χ3v) is 2.66. The first kappa shape index (κ1) is 9.90. The van der Waals surface area contributed by atoms with Gasteiger partial charge in [0.1, 0.15) is 5.82 Å². The molecule has 0 spiro atoms. The zero-order valence-electron chi connectivity index (χ0n) is 8.16. The minimum absolute atomic E-state index is 0.179. The van der Waals surface area contributed by atoms with Gasteiger partial charge in [-0.2, -0.15) is 0 Å². The first-order valence-electron chi connectivity index (χ1n) is 4.85. The lowest BCUT2D eigenvalue weighted by Gasteiger charge is -2.18. The van der Waals surface area contributed by atoms with E-state index in [4.69, 9.17) is 5.11 Å². The smallest absolute Gasteiger partial charge is 0.328 e. The number of hydrogen-bond acceptors (Lipinski definition) is 1. The van der Waals surface area contributed by atoms with Crippen molar-refractivity contribution in [3.8, 4) is 0 Å². The van der Waals surface area contributed by atoms with Crippen LogP contribution in [0.4, 0.5) is 4.39 Å². The number of carbonyl (C=O) groups is 1. The minimum Gasteiger partial charge on any atom is -0.478 e. The van der Waals surface area contributed by atoms with E-state index in [-0.39, 0.29) is 5.82 Å². The standard InChI is InChI=1S/C12H11FO2/c13-11-3-1-2-9-6-8(7-12(14)15)4-5-10(9)11/h1-3,7H,4-6H2,(H,14,15)/b8-7-. The molecule has 1 aromatic carbocycles. The first-order valence-corrected chi connectivity index (χ1v) is 4.85. The van der Waals surface area contributed by atoms with Gasteiger partial charge in [-0.25, -0.2) is 9.18 Å². The lowest BCUT2D eigenvalue weighted by molar-refractivity contribution is -0.131. The summed E-state index contributed by atoms with van der Waals surface area (Å²) in [5.74, 6) is -1.10. The molecule has 78 valence electrons. The highest BCUT2D eigenvalue weighted by Gasteiger charge is 2.16. The second-order valence-electron chi connectivity index (χ2n) is 3.70. The van der Waals surface area contributed by atoms with Gasteiger partial charge in [0.15, 0.2) is 0 Å². The maximum absolute atomic E-state index is 13.3. The monoisotopic (exact) mass is 206 g/mol. The van der Waals surface area contributed by atoms with Gasteiger partial charge < -0.3 is 5.11 Å². The van der Waals surface area contributed by atoms with E-state index in [0.29, 0.717) is 19.3 Å². The summed E-state index contributed by atoms with van der Waals surface area (Å²) in [5.41, 5.74) is 2.51. The van der Waals surface area contributed by atoms with Crippen molar-refractivity contribution >= 4 is 5.97 Å². The average molecular weight is 206 g/mol. The lowest BCUT2D eigenvalue weighted by atomic mass is 9.87. The number of benzene rings is 1. The molecular weight excluding hydrogens is 195 g/mol. The van der Waals surface area contributed by atoms with Crippen molar-refractivity contribution in [1.29, 1.82) is 0 Å². The van der Waals surface area contributed by atoms with Gasteiger partial charge in [-0.15, -0.1) is 0 Å². The Hall–Kier alpha value is -1.64. The summed E-state index contributed by atoms with van der Waals surface area (Å²) in [5, 5.41) is 8.62. The van der Waals surface area contributed by atoms with Crippen LogP contribution in [0.15, 0.2) is 29.8 Å². The van der Waals surface area contributed by atoms with Crippen molar-refractivity contribution in [3.63, 3.8) is 0 Å². The van der Waals surface area contributed by atoms with Gasteiger partial charge in [-0.1, -0.05) is 17.7 Å². The van der Waals surface area contributed by atoms with Crippen LogP contribution in [0.3, 0.4) is 0 Å². The van der Waals surface area contributed by atoms with Crippen LogP contribution in [-0.4, -0.2) is 11.1 Å². The molecule has 15 heavy (non-hydrogen) atoms. The summed E-state index contributed by atoms with van der Waals surface area (Å²) in [6.45, 7) is 0. The van der Waals surface area contributed by atoms with Gasteiger partial charge in [-0.05, 0) is 36.5 Å². The Labute approximate surface area is 87.0 Å². The van der Waals surface area contributed by atoms with Crippen LogP contribution in [0, 0.1) is 5.82 Å². The Morgan fingerprint density at radius 3 is 2.93 bits per heavy atom. The average Bonchev–Trinajstić information content (AvgIpc) is 2.17. The number of hydrogen-bond donors (Lipinski definition) is 1. The molecule has 0 amide bonds. The van der Waals surface area contributed by atoms with Gasteiger partial charge in [0.2, 0.25) is 0 Å². The van der Waals surface area contributed by atoms with E-state index in [0.717, 1.165) is 16.7 Å². The van der Waals surface area contributed by atoms with E-state index in [1.807, 2.05) is 6.07 Å². The van der Waals surface area contributed by atoms with Crippen LogP contribution in [-0.2, 0) is 17.6 Å². The number of carboxylic acids is 1. The highest BCUT2D eigenvalue weighted by molar-refractivity contribution is 5.80. The molecule has 3 heteroatoms. The van der Waals surface area contributed by atoms with E-state index in [1.54, 1.807) is 6.07 Å². The molecule has 0 heterocycles. The molecule has 1 aliphatic carbocycles. The minimum atomic E-state index is -0.926. The lowest BCUT2D eigenvalue weighted by Crippen LogP contribution is -2.09. The normalized spacial score (nSPS) is 17.5. The predicted octanol–water partition coefficient (Wildman–Crippen LogP) is 2.33. The van der Waals surface area contributed by atoms with Gasteiger partial charge in [0.05, 0.1) is 0 Å². The molecule has 1 aliphatic rings. The summed E-state index contributed by atoms with van der Waals surface area (Å²) in [6, 6.07) is 4.97. The summed E-state index contributed by atoms with van der Waals surface area (Å²) in [6.07, 6.45) is 3.02. The molecule has 0 bridgehead atoms. The molecule has 0 aliphatic heterocycles. The second-order valence-corrected chi connectivity index (χ2v) is 3.70. The Balaban J connectivity index is 2.32. The number of carboxylic acid groups (broad SMARTS) is 1. The third kappa shape index (κ3) is 2.06.